The minimum absolute atomic E-state index is 0.0490. The minimum atomic E-state index is -5.23. The number of para-hydroxylation sites is 1. The number of hydrogen-bond donors (Lipinski definition) is 1. The summed E-state index contributed by atoms with van der Waals surface area (Å²) >= 11 is -2.69. The van der Waals surface area contributed by atoms with Crippen molar-refractivity contribution in [2.75, 3.05) is 0 Å². The standard InChI is InChI=1S/C10H5F3O4S/c11-10(12,13)9(15)8-7(14)5-3-1-2-4-6(5)17-18(8)16/h1-4,14H. The SMILES string of the molecule is O=C(C1=C(O)c2ccccc2OS1=O)C(F)(F)F. The summed E-state index contributed by atoms with van der Waals surface area (Å²) in [6.07, 6.45) is -5.23. The van der Waals surface area contributed by atoms with Crippen LogP contribution in [0.5, 0.6) is 5.75 Å². The Kier molecular flexibility index (Phi) is 2.89. The van der Waals surface area contributed by atoms with Gasteiger partial charge in [-0.05, 0) is 12.1 Å². The van der Waals surface area contributed by atoms with E-state index in [1.165, 1.54) is 24.3 Å². The van der Waals surface area contributed by atoms with Gasteiger partial charge >= 0.3 is 6.18 Å². The summed E-state index contributed by atoms with van der Waals surface area (Å²) in [5.41, 5.74) is -0.107. The molecular weight excluding hydrogens is 273 g/mol. The van der Waals surface area contributed by atoms with Gasteiger partial charge in [-0.15, -0.1) is 0 Å². The maximum absolute atomic E-state index is 12.3. The van der Waals surface area contributed by atoms with Crippen LogP contribution >= 0.6 is 0 Å². The number of alkyl halides is 3. The van der Waals surface area contributed by atoms with Crippen LogP contribution in [0.2, 0.25) is 0 Å². The topological polar surface area (TPSA) is 63.6 Å². The number of halogens is 3. The molecule has 1 aromatic carbocycles. The molecule has 0 saturated heterocycles. The highest BCUT2D eigenvalue weighted by molar-refractivity contribution is 7.86. The normalized spacial score (nSPS) is 19.2. The summed E-state index contributed by atoms with van der Waals surface area (Å²) in [7, 11) is 0. The number of ketones is 1. The van der Waals surface area contributed by atoms with Gasteiger partial charge in [0.05, 0.1) is 5.56 Å². The van der Waals surface area contributed by atoms with Crippen LogP contribution in [0.3, 0.4) is 0 Å². The van der Waals surface area contributed by atoms with Crippen LogP contribution in [0.15, 0.2) is 29.2 Å². The number of aliphatic hydroxyl groups is 1. The molecule has 0 aliphatic carbocycles. The Morgan fingerprint density at radius 1 is 1.28 bits per heavy atom. The third-order valence-corrected chi connectivity index (χ3v) is 3.20. The smallest absolute Gasteiger partial charge is 0.455 e. The van der Waals surface area contributed by atoms with Gasteiger partial charge in [0.2, 0.25) is 11.1 Å². The molecule has 1 N–H and O–H groups in total. The largest absolute Gasteiger partial charge is 0.506 e. The summed E-state index contributed by atoms with van der Waals surface area (Å²) in [6.45, 7) is 0. The number of rotatable bonds is 1. The predicted octanol–water partition coefficient (Wildman–Crippen LogP) is 2.10. The molecule has 0 amide bonds. The molecule has 1 atom stereocenters. The van der Waals surface area contributed by atoms with Crippen molar-refractivity contribution >= 4 is 22.6 Å². The number of hydrogen-bond acceptors (Lipinski definition) is 4. The van der Waals surface area contributed by atoms with E-state index in [0.29, 0.717) is 0 Å². The monoisotopic (exact) mass is 278 g/mol. The molecule has 1 aromatic rings. The van der Waals surface area contributed by atoms with Crippen molar-refractivity contribution in [2.45, 2.75) is 6.18 Å². The zero-order chi connectivity index (χ0) is 13.5. The van der Waals surface area contributed by atoms with E-state index in [4.69, 9.17) is 0 Å². The van der Waals surface area contributed by atoms with Gasteiger partial charge in [0.25, 0.3) is 5.78 Å². The molecule has 0 aromatic heterocycles. The number of aliphatic hydroxyl groups excluding tert-OH is 1. The molecule has 1 unspecified atom stereocenters. The molecule has 1 aliphatic heterocycles. The summed E-state index contributed by atoms with van der Waals surface area (Å²) in [6, 6.07) is 5.49. The van der Waals surface area contributed by atoms with Crippen molar-refractivity contribution in [3.63, 3.8) is 0 Å². The number of Topliss-reactive ketones (excluding diaryl/α,β-unsaturated/α-hetero) is 1. The van der Waals surface area contributed by atoms with Crippen molar-refractivity contribution < 1.29 is 31.5 Å². The average Bonchev–Trinajstić information content (AvgIpc) is 2.27. The van der Waals surface area contributed by atoms with Crippen LogP contribution in [0.25, 0.3) is 5.76 Å². The van der Waals surface area contributed by atoms with E-state index >= 15 is 0 Å². The van der Waals surface area contributed by atoms with Crippen molar-refractivity contribution in [1.29, 1.82) is 0 Å². The third-order valence-electron chi connectivity index (χ3n) is 2.15. The molecular formula is C10H5F3O4S. The van der Waals surface area contributed by atoms with Gasteiger partial charge in [0, 0.05) is 0 Å². The fraction of sp³-hybridized carbons (Fsp3) is 0.100. The Bertz CT molecular complexity index is 577. The first-order valence-corrected chi connectivity index (χ1v) is 5.64. The highest BCUT2D eigenvalue weighted by Gasteiger charge is 2.47. The van der Waals surface area contributed by atoms with Gasteiger partial charge < -0.3 is 9.29 Å². The van der Waals surface area contributed by atoms with Crippen LogP contribution in [0, 0.1) is 0 Å². The van der Waals surface area contributed by atoms with Gasteiger partial charge in [-0.3, -0.25) is 4.79 Å². The number of allylic oxidation sites excluding steroid dienone is 1. The van der Waals surface area contributed by atoms with Gasteiger partial charge in [-0.1, -0.05) is 12.1 Å². The molecule has 8 heteroatoms. The highest BCUT2D eigenvalue weighted by Crippen LogP contribution is 2.36. The first kappa shape index (κ1) is 12.6. The number of fused-ring (bicyclic) bond motifs is 1. The molecule has 1 aliphatic rings. The Labute approximate surface area is 101 Å². The van der Waals surface area contributed by atoms with E-state index in [1.54, 1.807) is 0 Å². The molecule has 96 valence electrons. The van der Waals surface area contributed by atoms with Crippen LogP contribution in [0.4, 0.5) is 13.2 Å². The Balaban J connectivity index is 2.60. The van der Waals surface area contributed by atoms with Gasteiger partial charge in [0.15, 0.2) is 10.7 Å². The zero-order valence-electron chi connectivity index (χ0n) is 8.52. The van der Waals surface area contributed by atoms with Crippen LogP contribution in [-0.2, 0) is 15.9 Å². The second-order valence-electron chi connectivity index (χ2n) is 3.32. The second kappa shape index (κ2) is 4.13. The fourth-order valence-electron chi connectivity index (χ4n) is 1.37. The Morgan fingerprint density at radius 3 is 2.50 bits per heavy atom. The van der Waals surface area contributed by atoms with Gasteiger partial charge in [-0.25, -0.2) is 4.21 Å². The Morgan fingerprint density at radius 2 is 1.89 bits per heavy atom. The van der Waals surface area contributed by atoms with E-state index in [-0.39, 0.29) is 11.3 Å². The van der Waals surface area contributed by atoms with Gasteiger partial charge in [0.1, 0.15) is 5.76 Å². The van der Waals surface area contributed by atoms with Crippen LogP contribution in [0.1, 0.15) is 5.56 Å². The highest BCUT2D eigenvalue weighted by atomic mass is 32.2. The first-order valence-electron chi connectivity index (χ1n) is 4.56. The molecule has 0 radical (unpaired) electrons. The Hall–Kier alpha value is -1.83. The summed E-state index contributed by atoms with van der Waals surface area (Å²) in [5.74, 6) is -3.41. The lowest BCUT2D eigenvalue weighted by Gasteiger charge is -2.18. The van der Waals surface area contributed by atoms with E-state index in [0.717, 1.165) is 0 Å². The molecule has 0 fully saturated rings. The van der Waals surface area contributed by atoms with Crippen molar-refractivity contribution in [1.82, 2.24) is 0 Å². The average molecular weight is 278 g/mol. The van der Waals surface area contributed by atoms with Crippen molar-refractivity contribution in [3.05, 3.63) is 34.7 Å². The number of benzene rings is 1. The minimum Gasteiger partial charge on any atom is -0.506 e. The van der Waals surface area contributed by atoms with Crippen LogP contribution < -0.4 is 4.18 Å². The molecule has 0 spiro atoms. The maximum atomic E-state index is 12.3. The molecule has 4 nitrogen and oxygen atoms in total. The number of carbonyl (C=O) groups excluding carboxylic acids is 1. The predicted molar refractivity (Wildman–Crippen MR) is 55.8 cm³/mol. The number of carbonyl (C=O) groups is 1. The summed E-state index contributed by atoms with van der Waals surface area (Å²) in [4.78, 5) is 9.74. The van der Waals surface area contributed by atoms with E-state index in [1.807, 2.05) is 0 Å². The summed E-state index contributed by atoms with van der Waals surface area (Å²) in [5, 5.41) is 9.61. The third kappa shape index (κ3) is 1.99. The molecule has 0 bridgehead atoms. The maximum Gasteiger partial charge on any atom is 0.455 e. The van der Waals surface area contributed by atoms with Crippen molar-refractivity contribution in [2.24, 2.45) is 0 Å². The first-order chi connectivity index (χ1) is 8.32. The fourth-order valence-corrected chi connectivity index (χ4v) is 2.30. The molecule has 18 heavy (non-hydrogen) atoms. The van der Waals surface area contributed by atoms with E-state index < -0.39 is 33.7 Å². The lowest BCUT2D eigenvalue weighted by Crippen LogP contribution is -2.30. The summed E-state index contributed by atoms with van der Waals surface area (Å²) < 4.78 is 52.9. The van der Waals surface area contributed by atoms with Gasteiger partial charge in [-0.2, -0.15) is 13.2 Å². The molecule has 2 rings (SSSR count). The zero-order valence-corrected chi connectivity index (χ0v) is 9.34. The van der Waals surface area contributed by atoms with Crippen LogP contribution in [-0.4, -0.2) is 21.3 Å². The molecule has 0 saturated carbocycles. The lowest BCUT2D eigenvalue weighted by molar-refractivity contribution is -0.165. The van der Waals surface area contributed by atoms with E-state index in [2.05, 4.69) is 4.18 Å². The van der Waals surface area contributed by atoms with Crippen molar-refractivity contribution in [3.8, 4) is 5.75 Å². The second-order valence-corrected chi connectivity index (χ2v) is 4.36. The van der Waals surface area contributed by atoms with E-state index in [9.17, 15) is 27.3 Å². The molecule has 1 heterocycles. The lowest BCUT2D eigenvalue weighted by atomic mass is 10.1. The quantitative estimate of drug-likeness (QED) is 0.854.